The van der Waals surface area contributed by atoms with Gasteiger partial charge in [-0.1, -0.05) is 6.08 Å². The van der Waals surface area contributed by atoms with Crippen LogP contribution in [-0.4, -0.2) is 49.4 Å². The number of hydrogen-bond donors (Lipinski definition) is 2. The van der Waals surface area contributed by atoms with E-state index in [0.717, 1.165) is 12.8 Å². The molecule has 90 valence electrons. The molecule has 0 aromatic carbocycles. The Kier molecular flexibility index (Phi) is 4.98. The molecule has 0 aromatic rings. The zero-order valence-corrected chi connectivity index (χ0v) is 9.66. The SMILES string of the molecule is C=CCNCC(=O)N(C)CC(=O)NC1CC1. The summed E-state index contributed by atoms with van der Waals surface area (Å²) in [4.78, 5) is 24.3. The quantitative estimate of drug-likeness (QED) is 0.453. The summed E-state index contributed by atoms with van der Waals surface area (Å²) in [6.07, 6.45) is 3.81. The molecule has 0 aromatic heterocycles. The number of rotatable bonds is 7. The predicted molar refractivity (Wildman–Crippen MR) is 61.9 cm³/mol. The van der Waals surface area contributed by atoms with E-state index in [1.807, 2.05) is 0 Å². The third-order valence-corrected chi connectivity index (χ3v) is 2.31. The molecule has 1 fully saturated rings. The minimum Gasteiger partial charge on any atom is -0.352 e. The molecule has 1 aliphatic carbocycles. The Morgan fingerprint density at radius 3 is 2.75 bits per heavy atom. The lowest BCUT2D eigenvalue weighted by atomic mass is 10.4. The smallest absolute Gasteiger partial charge is 0.239 e. The van der Waals surface area contributed by atoms with E-state index >= 15 is 0 Å². The average Bonchev–Trinajstić information content (AvgIpc) is 3.01. The van der Waals surface area contributed by atoms with Crippen LogP contribution in [0.2, 0.25) is 0 Å². The fourth-order valence-corrected chi connectivity index (χ4v) is 1.22. The number of nitrogens with one attached hydrogen (secondary N) is 2. The van der Waals surface area contributed by atoms with Gasteiger partial charge in [0.25, 0.3) is 0 Å². The van der Waals surface area contributed by atoms with Gasteiger partial charge in [-0.2, -0.15) is 0 Å². The maximum atomic E-state index is 11.5. The molecule has 2 N–H and O–H groups in total. The summed E-state index contributed by atoms with van der Waals surface area (Å²) in [6, 6.07) is 0.342. The van der Waals surface area contributed by atoms with Gasteiger partial charge < -0.3 is 15.5 Å². The van der Waals surface area contributed by atoms with Crippen molar-refractivity contribution in [2.75, 3.05) is 26.7 Å². The Morgan fingerprint density at radius 2 is 2.19 bits per heavy atom. The van der Waals surface area contributed by atoms with Crippen molar-refractivity contribution in [3.05, 3.63) is 12.7 Å². The van der Waals surface area contributed by atoms with Crippen molar-refractivity contribution in [2.24, 2.45) is 0 Å². The highest BCUT2D eigenvalue weighted by atomic mass is 16.2. The summed E-state index contributed by atoms with van der Waals surface area (Å²) in [7, 11) is 1.63. The van der Waals surface area contributed by atoms with Crippen molar-refractivity contribution in [3.8, 4) is 0 Å². The lowest BCUT2D eigenvalue weighted by molar-refractivity contribution is -0.134. The van der Waals surface area contributed by atoms with E-state index in [2.05, 4.69) is 17.2 Å². The van der Waals surface area contributed by atoms with Gasteiger partial charge in [-0.15, -0.1) is 6.58 Å². The number of hydrogen-bond acceptors (Lipinski definition) is 3. The second-order valence-corrected chi connectivity index (χ2v) is 4.01. The molecule has 1 saturated carbocycles. The summed E-state index contributed by atoms with van der Waals surface area (Å²) in [6.45, 7) is 4.50. The van der Waals surface area contributed by atoms with Gasteiger partial charge in [-0.3, -0.25) is 9.59 Å². The Hall–Kier alpha value is -1.36. The van der Waals surface area contributed by atoms with Gasteiger partial charge in [0.2, 0.25) is 11.8 Å². The number of nitrogens with zero attached hydrogens (tertiary/aromatic N) is 1. The molecule has 1 rings (SSSR count). The highest BCUT2D eigenvalue weighted by Gasteiger charge is 2.24. The van der Waals surface area contributed by atoms with Gasteiger partial charge in [0.05, 0.1) is 13.1 Å². The van der Waals surface area contributed by atoms with Crippen molar-refractivity contribution in [2.45, 2.75) is 18.9 Å². The Labute approximate surface area is 95.9 Å². The highest BCUT2D eigenvalue weighted by Crippen LogP contribution is 2.18. The lowest BCUT2D eigenvalue weighted by Crippen LogP contribution is -2.42. The molecule has 0 radical (unpaired) electrons. The van der Waals surface area contributed by atoms with Crippen LogP contribution < -0.4 is 10.6 Å². The third-order valence-electron chi connectivity index (χ3n) is 2.31. The molecular formula is C11H19N3O2. The first kappa shape index (κ1) is 12.7. The van der Waals surface area contributed by atoms with Gasteiger partial charge in [0, 0.05) is 19.6 Å². The van der Waals surface area contributed by atoms with E-state index in [9.17, 15) is 9.59 Å². The van der Waals surface area contributed by atoms with E-state index in [4.69, 9.17) is 0 Å². The lowest BCUT2D eigenvalue weighted by Gasteiger charge is -2.16. The molecule has 1 aliphatic rings. The summed E-state index contributed by atoms with van der Waals surface area (Å²) in [5.41, 5.74) is 0. The Morgan fingerprint density at radius 1 is 1.50 bits per heavy atom. The van der Waals surface area contributed by atoms with Crippen LogP contribution in [0.15, 0.2) is 12.7 Å². The number of carbonyl (C=O) groups is 2. The monoisotopic (exact) mass is 225 g/mol. The van der Waals surface area contributed by atoms with Gasteiger partial charge in [-0.25, -0.2) is 0 Å². The summed E-state index contributed by atoms with van der Waals surface area (Å²) in [5.74, 6) is -0.171. The number of likely N-dealkylation sites (N-methyl/N-ethyl adjacent to an activating group) is 1. The second-order valence-electron chi connectivity index (χ2n) is 4.01. The fourth-order valence-electron chi connectivity index (χ4n) is 1.22. The van der Waals surface area contributed by atoms with Gasteiger partial charge >= 0.3 is 0 Å². The van der Waals surface area contributed by atoms with E-state index in [0.29, 0.717) is 12.6 Å². The Bertz CT molecular complexity index is 274. The first-order valence-electron chi connectivity index (χ1n) is 5.48. The van der Waals surface area contributed by atoms with Crippen molar-refractivity contribution in [1.29, 1.82) is 0 Å². The van der Waals surface area contributed by atoms with E-state index in [1.165, 1.54) is 4.90 Å². The van der Waals surface area contributed by atoms with Gasteiger partial charge in [0.1, 0.15) is 0 Å². The number of amides is 2. The minimum absolute atomic E-state index is 0.0814. The normalized spacial score (nSPS) is 14.3. The molecule has 2 amide bonds. The van der Waals surface area contributed by atoms with Crippen LogP contribution in [0.4, 0.5) is 0 Å². The van der Waals surface area contributed by atoms with Crippen LogP contribution in [0.25, 0.3) is 0 Å². The van der Waals surface area contributed by atoms with E-state index < -0.39 is 0 Å². The molecule has 0 aliphatic heterocycles. The standard InChI is InChI=1S/C11H19N3O2/c1-3-6-12-7-11(16)14(2)8-10(15)13-9-4-5-9/h3,9,12H,1,4-8H2,2H3,(H,13,15). The molecule has 0 atom stereocenters. The zero-order chi connectivity index (χ0) is 12.0. The van der Waals surface area contributed by atoms with Crippen LogP contribution in [0, 0.1) is 0 Å². The van der Waals surface area contributed by atoms with Crippen LogP contribution in [0.5, 0.6) is 0 Å². The fraction of sp³-hybridized carbons (Fsp3) is 0.636. The molecule has 0 saturated heterocycles. The second kappa shape index (κ2) is 6.27. The van der Waals surface area contributed by atoms with E-state index in [-0.39, 0.29) is 24.9 Å². The summed E-state index contributed by atoms with van der Waals surface area (Å²) < 4.78 is 0. The Balaban J connectivity index is 2.15. The maximum Gasteiger partial charge on any atom is 0.239 e. The van der Waals surface area contributed by atoms with Crippen LogP contribution in [-0.2, 0) is 9.59 Å². The first-order valence-corrected chi connectivity index (χ1v) is 5.48. The molecule has 5 heteroatoms. The van der Waals surface area contributed by atoms with Crippen molar-refractivity contribution >= 4 is 11.8 Å². The van der Waals surface area contributed by atoms with Gasteiger partial charge in [-0.05, 0) is 12.8 Å². The summed E-state index contributed by atoms with van der Waals surface area (Å²) in [5, 5.41) is 5.74. The first-order chi connectivity index (χ1) is 7.63. The van der Waals surface area contributed by atoms with Crippen molar-refractivity contribution < 1.29 is 9.59 Å². The van der Waals surface area contributed by atoms with Crippen molar-refractivity contribution in [3.63, 3.8) is 0 Å². The van der Waals surface area contributed by atoms with Crippen LogP contribution in [0.3, 0.4) is 0 Å². The highest BCUT2D eigenvalue weighted by molar-refractivity contribution is 5.85. The number of carbonyl (C=O) groups excluding carboxylic acids is 2. The largest absolute Gasteiger partial charge is 0.352 e. The minimum atomic E-state index is -0.0900. The molecule has 0 unspecified atom stereocenters. The zero-order valence-electron chi connectivity index (χ0n) is 9.66. The van der Waals surface area contributed by atoms with Gasteiger partial charge in [0.15, 0.2) is 0 Å². The maximum absolute atomic E-state index is 11.5. The van der Waals surface area contributed by atoms with E-state index in [1.54, 1.807) is 13.1 Å². The molecule has 0 spiro atoms. The van der Waals surface area contributed by atoms with Crippen LogP contribution in [0.1, 0.15) is 12.8 Å². The average molecular weight is 225 g/mol. The molecule has 5 nitrogen and oxygen atoms in total. The molecule has 0 bridgehead atoms. The summed E-state index contributed by atoms with van der Waals surface area (Å²) >= 11 is 0. The molecular weight excluding hydrogens is 206 g/mol. The van der Waals surface area contributed by atoms with Crippen LogP contribution >= 0.6 is 0 Å². The molecule has 16 heavy (non-hydrogen) atoms. The van der Waals surface area contributed by atoms with Crippen molar-refractivity contribution in [1.82, 2.24) is 15.5 Å². The molecule has 0 heterocycles. The topological polar surface area (TPSA) is 61.4 Å². The predicted octanol–water partition coefficient (Wildman–Crippen LogP) is -0.501. The third kappa shape index (κ3) is 4.93.